The highest BCUT2D eigenvalue weighted by Gasteiger charge is 2.52. The van der Waals surface area contributed by atoms with Crippen molar-refractivity contribution in [2.24, 2.45) is 5.41 Å². The molecule has 6 nitrogen and oxygen atoms in total. The number of benzene rings is 2. The predicted octanol–water partition coefficient (Wildman–Crippen LogP) is 7.59. The third-order valence-electron chi connectivity index (χ3n) is 9.52. The van der Waals surface area contributed by atoms with Crippen LogP contribution < -0.4 is 0 Å². The molecule has 2 saturated heterocycles. The zero-order valence-corrected chi connectivity index (χ0v) is 26.6. The average molecular weight is 588 g/mol. The van der Waals surface area contributed by atoms with E-state index in [1.807, 2.05) is 25.7 Å². The summed E-state index contributed by atoms with van der Waals surface area (Å²) in [6.45, 7) is 13.8. The average Bonchev–Trinajstić information content (AvgIpc) is 3.39. The fourth-order valence-corrected chi connectivity index (χ4v) is 8.19. The predicted molar refractivity (Wildman–Crippen MR) is 170 cm³/mol. The third-order valence-corrected chi connectivity index (χ3v) is 10.4. The molecular formula is C35H45N3O3S. The van der Waals surface area contributed by atoms with Gasteiger partial charge in [-0.2, -0.15) is 0 Å². The first kappa shape index (κ1) is 29.2. The normalized spacial score (nSPS) is 21.8. The molecule has 1 saturated carbocycles. The van der Waals surface area contributed by atoms with Gasteiger partial charge in [-0.3, -0.25) is 9.69 Å². The van der Waals surface area contributed by atoms with Gasteiger partial charge in [-0.1, -0.05) is 44.2 Å². The Kier molecular flexibility index (Phi) is 7.86. The van der Waals surface area contributed by atoms with Gasteiger partial charge in [-0.25, -0.2) is 4.79 Å². The van der Waals surface area contributed by atoms with Gasteiger partial charge in [0.25, 0.3) is 0 Å². The van der Waals surface area contributed by atoms with Crippen molar-refractivity contribution in [3.63, 3.8) is 0 Å². The molecule has 1 aromatic heterocycles. The molecule has 1 aliphatic carbocycles. The topological polar surface area (TPSA) is 53.1 Å². The Bertz CT molecular complexity index is 1440. The van der Waals surface area contributed by atoms with Crippen LogP contribution in [-0.2, 0) is 16.1 Å². The number of thiophene rings is 1. The molecule has 1 unspecified atom stereocenters. The zero-order valence-electron chi connectivity index (χ0n) is 25.8. The molecule has 1 spiro atoms. The smallest absolute Gasteiger partial charge is 0.410 e. The van der Waals surface area contributed by atoms with E-state index in [2.05, 4.69) is 77.6 Å². The minimum Gasteiger partial charge on any atom is -0.444 e. The molecule has 3 fully saturated rings. The van der Waals surface area contributed by atoms with Crippen LogP contribution in [0.5, 0.6) is 0 Å². The number of nitrogens with zero attached hydrogens (tertiary/aromatic N) is 3. The number of fused-ring (bicyclic) bond motifs is 1. The number of rotatable bonds is 5. The van der Waals surface area contributed by atoms with Crippen LogP contribution in [0.25, 0.3) is 10.1 Å². The Morgan fingerprint density at radius 2 is 1.81 bits per heavy atom. The van der Waals surface area contributed by atoms with Gasteiger partial charge in [-0.05, 0) is 103 Å². The first-order chi connectivity index (χ1) is 20.0. The molecule has 2 aliphatic heterocycles. The number of ether oxygens (including phenoxy) is 1. The summed E-state index contributed by atoms with van der Waals surface area (Å²) >= 11 is 1.77. The number of likely N-dealkylation sites (tertiary alicyclic amines) is 1. The van der Waals surface area contributed by atoms with E-state index in [1.165, 1.54) is 26.8 Å². The molecule has 3 aliphatic rings. The minimum atomic E-state index is -0.478. The van der Waals surface area contributed by atoms with Gasteiger partial charge in [0, 0.05) is 36.9 Å². The lowest BCUT2D eigenvalue weighted by molar-refractivity contribution is -0.153. The highest BCUT2D eigenvalue weighted by molar-refractivity contribution is 7.17. The van der Waals surface area contributed by atoms with Crippen LogP contribution in [0.15, 0.2) is 53.9 Å². The van der Waals surface area contributed by atoms with Crippen molar-refractivity contribution in [3.05, 3.63) is 70.6 Å². The van der Waals surface area contributed by atoms with E-state index in [0.717, 1.165) is 51.9 Å². The van der Waals surface area contributed by atoms with Gasteiger partial charge >= 0.3 is 6.09 Å². The zero-order chi connectivity index (χ0) is 29.6. The molecule has 224 valence electrons. The monoisotopic (exact) mass is 587 g/mol. The largest absolute Gasteiger partial charge is 0.444 e. The van der Waals surface area contributed by atoms with Gasteiger partial charge in [0.1, 0.15) is 5.60 Å². The van der Waals surface area contributed by atoms with E-state index >= 15 is 0 Å². The Morgan fingerprint density at radius 1 is 1.07 bits per heavy atom. The fraction of sp³-hybridized carbons (Fsp3) is 0.543. The Hall–Kier alpha value is -2.90. The SMILES string of the molecule is CC(C)c1ccccc1C1CN(Cc2ccc3sccc3c2)CC(=O)N1C1CC2(CCN(C(=O)OC(C)(C)C)CC2)C1. The lowest BCUT2D eigenvalue weighted by atomic mass is 9.59. The molecular weight excluding hydrogens is 542 g/mol. The number of carbonyl (C=O) groups is 2. The molecule has 42 heavy (non-hydrogen) atoms. The number of carbonyl (C=O) groups excluding carboxylic acids is 2. The van der Waals surface area contributed by atoms with Gasteiger partial charge in [0.15, 0.2) is 0 Å². The molecule has 1 atom stereocenters. The van der Waals surface area contributed by atoms with E-state index in [-0.39, 0.29) is 29.5 Å². The summed E-state index contributed by atoms with van der Waals surface area (Å²) in [4.78, 5) is 33.1. The van der Waals surface area contributed by atoms with Crippen molar-refractivity contribution in [1.82, 2.24) is 14.7 Å². The summed E-state index contributed by atoms with van der Waals surface area (Å²) in [5.41, 5.74) is 3.63. The number of hydrogen-bond donors (Lipinski definition) is 0. The maximum atomic E-state index is 14.0. The van der Waals surface area contributed by atoms with Crippen LogP contribution in [0.1, 0.15) is 89.0 Å². The second-order valence-electron chi connectivity index (χ2n) is 14.1. The van der Waals surface area contributed by atoms with Crippen LogP contribution in [0.4, 0.5) is 4.79 Å². The summed E-state index contributed by atoms with van der Waals surface area (Å²) in [5.74, 6) is 0.631. The quantitative estimate of drug-likeness (QED) is 0.309. The molecule has 0 radical (unpaired) electrons. The molecule has 7 heteroatoms. The Morgan fingerprint density at radius 3 is 2.52 bits per heavy atom. The molecule has 3 heterocycles. The van der Waals surface area contributed by atoms with Crippen molar-refractivity contribution in [2.45, 2.75) is 90.4 Å². The highest BCUT2D eigenvalue weighted by Crippen LogP contribution is 2.53. The molecule has 3 aromatic rings. The molecule has 2 aromatic carbocycles. The van der Waals surface area contributed by atoms with Gasteiger partial charge in [0.2, 0.25) is 5.91 Å². The summed E-state index contributed by atoms with van der Waals surface area (Å²) < 4.78 is 6.93. The first-order valence-corrected chi connectivity index (χ1v) is 16.4. The van der Waals surface area contributed by atoms with Crippen molar-refractivity contribution < 1.29 is 14.3 Å². The number of piperazine rings is 1. The maximum absolute atomic E-state index is 14.0. The summed E-state index contributed by atoms with van der Waals surface area (Å²) in [7, 11) is 0. The minimum absolute atomic E-state index is 0.0407. The second kappa shape index (κ2) is 11.3. The van der Waals surface area contributed by atoms with Gasteiger partial charge in [-0.15, -0.1) is 11.3 Å². The molecule has 0 N–H and O–H groups in total. The third kappa shape index (κ3) is 5.96. The van der Waals surface area contributed by atoms with Crippen molar-refractivity contribution in [2.75, 3.05) is 26.2 Å². The molecule has 0 bridgehead atoms. The lowest BCUT2D eigenvalue weighted by Crippen LogP contribution is -2.62. The number of amides is 2. The first-order valence-electron chi connectivity index (χ1n) is 15.6. The van der Waals surface area contributed by atoms with E-state index in [9.17, 15) is 9.59 Å². The Labute approximate surface area is 254 Å². The van der Waals surface area contributed by atoms with Crippen LogP contribution in [0, 0.1) is 5.41 Å². The van der Waals surface area contributed by atoms with Crippen LogP contribution in [0.2, 0.25) is 0 Å². The second-order valence-corrected chi connectivity index (χ2v) is 15.0. The number of piperidine rings is 1. The van der Waals surface area contributed by atoms with Crippen molar-refractivity contribution in [3.8, 4) is 0 Å². The van der Waals surface area contributed by atoms with Crippen molar-refractivity contribution in [1.29, 1.82) is 0 Å². The van der Waals surface area contributed by atoms with Gasteiger partial charge in [0.05, 0.1) is 12.6 Å². The van der Waals surface area contributed by atoms with Crippen LogP contribution in [-0.4, -0.2) is 64.5 Å². The lowest BCUT2D eigenvalue weighted by Gasteiger charge is -2.58. The Balaban J connectivity index is 1.18. The van der Waals surface area contributed by atoms with E-state index in [4.69, 9.17) is 4.74 Å². The van der Waals surface area contributed by atoms with Gasteiger partial charge < -0.3 is 14.5 Å². The highest BCUT2D eigenvalue weighted by atomic mass is 32.1. The summed E-state index contributed by atoms with van der Waals surface area (Å²) in [6, 6.07) is 17.9. The summed E-state index contributed by atoms with van der Waals surface area (Å²) in [5, 5.41) is 3.42. The fourth-order valence-electron chi connectivity index (χ4n) is 7.42. The molecule has 6 rings (SSSR count). The van der Waals surface area contributed by atoms with Crippen LogP contribution >= 0.6 is 11.3 Å². The van der Waals surface area contributed by atoms with Crippen molar-refractivity contribution >= 4 is 33.4 Å². The van der Waals surface area contributed by atoms with Crippen LogP contribution in [0.3, 0.4) is 0 Å². The van der Waals surface area contributed by atoms with E-state index < -0.39 is 5.60 Å². The molecule has 2 amide bonds. The standard InChI is InChI=1S/C35H45N3O3S/c1-24(2)28-8-6-7-9-29(28)30-22-36(21-25-10-11-31-26(18-25)12-17-42-31)23-32(39)38(30)27-19-35(20-27)13-15-37(16-14-35)33(40)41-34(3,4)5/h6-12,17-18,24,27,30H,13-16,19-23H2,1-5H3. The maximum Gasteiger partial charge on any atom is 0.410 e. The number of hydrogen-bond acceptors (Lipinski definition) is 5. The summed E-state index contributed by atoms with van der Waals surface area (Å²) in [6.07, 6.45) is 3.80. The van der Waals surface area contributed by atoms with E-state index in [0.29, 0.717) is 12.5 Å². The van der Waals surface area contributed by atoms with E-state index in [1.54, 1.807) is 11.3 Å².